The first-order valence-corrected chi connectivity index (χ1v) is 10.4. The maximum Gasteiger partial charge on any atom is 0.573 e. The fraction of sp³-hybridized carbons (Fsp3) is 0.316. The van der Waals surface area contributed by atoms with Crippen molar-refractivity contribution in [2.45, 2.75) is 26.3 Å². The quantitative estimate of drug-likeness (QED) is 0.687. The molecule has 2 aromatic carbocycles. The molecule has 0 atom stereocenters. The van der Waals surface area contributed by atoms with E-state index < -0.39 is 22.3 Å². The average Bonchev–Trinajstić information content (AvgIpc) is 2.61. The van der Waals surface area contributed by atoms with Gasteiger partial charge in [0.1, 0.15) is 5.75 Å². The van der Waals surface area contributed by atoms with E-state index in [4.69, 9.17) is 0 Å². The van der Waals surface area contributed by atoms with Gasteiger partial charge in [-0.2, -0.15) is 0 Å². The number of anilines is 1. The van der Waals surface area contributed by atoms with Crippen molar-refractivity contribution in [1.82, 2.24) is 4.90 Å². The summed E-state index contributed by atoms with van der Waals surface area (Å²) in [4.78, 5) is 13.9. The number of hydrogen-bond acceptors (Lipinski definition) is 4. The van der Waals surface area contributed by atoms with Crippen LogP contribution in [0, 0.1) is 0 Å². The van der Waals surface area contributed by atoms with E-state index in [-0.39, 0.29) is 34.9 Å². The number of amides is 1. The van der Waals surface area contributed by atoms with Gasteiger partial charge in [-0.25, -0.2) is 8.42 Å². The maximum atomic E-state index is 12.7. The Morgan fingerprint density at radius 3 is 2.48 bits per heavy atom. The molecule has 0 aliphatic rings. The van der Waals surface area contributed by atoms with E-state index in [2.05, 4.69) is 9.46 Å². The van der Waals surface area contributed by atoms with Crippen LogP contribution in [0.1, 0.15) is 29.3 Å². The smallest absolute Gasteiger partial charge is 0.405 e. The van der Waals surface area contributed by atoms with Gasteiger partial charge in [0.2, 0.25) is 10.0 Å². The summed E-state index contributed by atoms with van der Waals surface area (Å²) in [5, 5.41) is 0. The zero-order chi connectivity index (χ0) is 21.7. The van der Waals surface area contributed by atoms with Crippen LogP contribution in [0.4, 0.5) is 18.9 Å². The van der Waals surface area contributed by atoms with Gasteiger partial charge in [-0.05, 0) is 30.7 Å². The Labute approximate surface area is 167 Å². The van der Waals surface area contributed by atoms with Gasteiger partial charge in [-0.3, -0.25) is 9.52 Å². The van der Waals surface area contributed by atoms with Crippen molar-refractivity contribution in [2.24, 2.45) is 0 Å². The molecule has 6 nitrogen and oxygen atoms in total. The van der Waals surface area contributed by atoms with Gasteiger partial charge in [0, 0.05) is 30.4 Å². The number of para-hydroxylation sites is 1. The normalized spacial score (nSPS) is 11.8. The molecule has 29 heavy (non-hydrogen) atoms. The number of nitrogens with zero attached hydrogens (tertiary/aromatic N) is 1. The highest BCUT2D eigenvalue weighted by Crippen LogP contribution is 2.27. The number of rotatable bonds is 8. The number of alkyl halides is 3. The number of hydrogen-bond donors (Lipinski definition) is 1. The van der Waals surface area contributed by atoms with Crippen LogP contribution in [0.2, 0.25) is 0 Å². The minimum absolute atomic E-state index is 0.0545. The largest absolute Gasteiger partial charge is 0.573 e. The van der Waals surface area contributed by atoms with Crippen molar-refractivity contribution >= 4 is 21.6 Å². The van der Waals surface area contributed by atoms with Crippen LogP contribution in [-0.2, 0) is 16.6 Å². The van der Waals surface area contributed by atoms with E-state index in [0.717, 1.165) is 0 Å². The van der Waals surface area contributed by atoms with E-state index >= 15 is 0 Å². The molecule has 0 aliphatic carbocycles. The van der Waals surface area contributed by atoms with E-state index in [1.165, 1.54) is 54.4 Å². The molecule has 1 N–H and O–H groups in total. The summed E-state index contributed by atoms with van der Waals surface area (Å²) in [5.41, 5.74) is 0.609. The highest BCUT2D eigenvalue weighted by Gasteiger charge is 2.32. The minimum atomic E-state index is -4.84. The van der Waals surface area contributed by atoms with Crippen molar-refractivity contribution in [3.63, 3.8) is 0 Å². The first-order chi connectivity index (χ1) is 13.5. The molecular formula is C19H21F3N2O4S. The highest BCUT2D eigenvalue weighted by atomic mass is 32.2. The molecule has 0 fully saturated rings. The van der Waals surface area contributed by atoms with Crippen LogP contribution >= 0.6 is 0 Å². The van der Waals surface area contributed by atoms with E-state index in [9.17, 15) is 26.4 Å². The maximum absolute atomic E-state index is 12.7. The van der Waals surface area contributed by atoms with Crippen LogP contribution in [0.15, 0.2) is 48.5 Å². The molecule has 0 saturated carbocycles. The van der Waals surface area contributed by atoms with Crippen molar-refractivity contribution in [2.75, 3.05) is 17.5 Å². The Hall–Kier alpha value is -2.75. The molecular weight excluding hydrogens is 409 g/mol. The molecule has 0 heterocycles. The molecule has 0 bridgehead atoms. The summed E-state index contributed by atoms with van der Waals surface area (Å²) >= 11 is 0. The summed E-state index contributed by atoms with van der Waals surface area (Å²) in [6, 6.07) is 11.4. The van der Waals surface area contributed by atoms with Crippen LogP contribution in [0.5, 0.6) is 5.75 Å². The highest BCUT2D eigenvalue weighted by molar-refractivity contribution is 7.92. The molecule has 0 aliphatic heterocycles. The van der Waals surface area contributed by atoms with Crippen LogP contribution in [0.25, 0.3) is 0 Å². The topological polar surface area (TPSA) is 75.7 Å². The third kappa shape index (κ3) is 6.97. The Kier molecular flexibility index (Phi) is 7.12. The fourth-order valence-corrected chi connectivity index (χ4v) is 3.75. The van der Waals surface area contributed by atoms with Gasteiger partial charge in [0.15, 0.2) is 0 Å². The van der Waals surface area contributed by atoms with Crippen molar-refractivity contribution < 1.29 is 31.1 Å². The van der Waals surface area contributed by atoms with E-state index in [1.54, 1.807) is 13.0 Å². The van der Waals surface area contributed by atoms with Gasteiger partial charge >= 0.3 is 6.36 Å². The van der Waals surface area contributed by atoms with Crippen molar-refractivity contribution in [3.05, 3.63) is 59.7 Å². The Balaban J connectivity index is 2.17. The lowest BCUT2D eigenvalue weighted by molar-refractivity contribution is -0.275. The lowest BCUT2D eigenvalue weighted by Gasteiger charge is -2.20. The molecule has 158 valence electrons. The third-order valence-electron chi connectivity index (χ3n) is 3.81. The summed E-state index contributed by atoms with van der Waals surface area (Å²) in [5.74, 6) is -0.926. The molecule has 0 radical (unpaired) electrons. The summed E-state index contributed by atoms with van der Waals surface area (Å²) < 4.78 is 67.9. The molecule has 1 amide bonds. The molecule has 0 saturated heterocycles. The molecule has 10 heteroatoms. The fourth-order valence-electron chi connectivity index (χ4n) is 2.62. The van der Waals surface area contributed by atoms with Crippen LogP contribution in [-0.4, -0.2) is 38.4 Å². The van der Waals surface area contributed by atoms with E-state index in [0.29, 0.717) is 6.42 Å². The van der Waals surface area contributed by atoms with Gasteiger partial charge in [-0.15, -0.1) is 13.2 Å². The Morgan fingerprint density at radius 1 is 1.14 bits per heavy atom. The lowest BCUT2D eigenvalue weighted by atomic mass is 10.1. The molecule has 2 aromatic rings. The summed E-state index contributed by atoms with van der Waals surface area (Å²) in [6.45, 7) is 1.60. The van der Waals surface area contributed by atoms with Crippen molar-refractivity contribution in [3.8, 4) is 5.75 Å². The number of ether oxygens (including phenoxy) is 1. The second kappa shape index (κ2) is 9.17. The SMILES string of the molecule is CCCS(=O)(=O)Nc1cccc(C(=O)N(C)Cc2ccccc2OC(F)(F)F)c1. The number of carbonyl (C=O) groups is 1. The van der Waals surface area contributed by atoms with Crippen LogP contribution in [0.3, 0.4) is 0 Å². The zero-order valence-electron chi connectivity index (χ0n) is 15.9. The predicted octanol–water partition coefficient (Wildman–Crippen LogP) is 4.01. The third-order valence-corrected chi connectivity index (χ3v) is 5.30. The second-order valence-electron chi connectivity index (χ2n) is 6.32. The summed E-state index contributed by atoms with van der Waals surface area (Å²) in [6.07, 6.45) is -4.40. The standard InChI is InChI=1S/C19H21F3N2O4S/c1-3-11-29(26,27)23-16-9-6-8-14(12-16)18(25)24(2)13-15-7-4-5-10-17(15)28-19(20,21)22/h4-10,12,23H,3,11,13H2,1-2H3. The van der Waals surface area contributed by atoms with Crippen molar-refractivity contribution in [1.29, 1.82) is 0 Å². The van der Waals surface area contributed by atoms with Gasteiger partial charge in [-0.1, -0.05) is 31.2 Å². The molecule has 2 rings (SSSR count). The number of nitrogens with one attached hydrogen (secondary N) is 1. The molecule has 0 unspecified atom stereocenters. The van der Waals surface area contributed by atoms with Gasteiger partial charge in [0.05, 0.1) is 5.75 Å². The Morgan fingerprint density at radius 2 is 1.83 bits per heavy atom. The number of carbonyl (C=O) groups excluding carboxylic acids is 1. The van der Waals surface area contributed by atoms with E-state index in [1.807, 2.05) is 0 Å². The first-order valence-electron chi connectivity index (χ1n) is 8.70. The zero-order valence-corrected chi connectivity index (χ0v) is 16.7. The van der Waals surface area contributed by atoms with Crippen LogP contribution < -0.4 is 9.46 Å². The minimum Gasteiger partial charge on any atom is -0.405 e. The van der Waals surface area contributed by atoms with Gasteiger partial charge in [0.25, 0.3) is 5.91 Å². The number of sulfonamides is 1. The number of halogens is 3. The monoisotopic (exact) mass is 430 g/mol. The second-order valence-corrected chi connectivity index (χ2v) is 8.16. The average molecular weight is 430 g/mol. The predicted molar refractivity (Wildman–Crippen MR) is 103 cm³/mol. The Bertz CT molecular complexity index is 962. The van der Waals surface area contributed by atoms with Gasteiger partial charge < -0.3 is 9.64 Å². The lowest BCUT2D eigenvalue weighted by Crippen LogP contribution is -2.27. The molecule has 0 aromatic heterocycles. The summed E-state index contributed by atoms with van der Waals surface area (Å²) in [7, 11) is -2.09. The number of benzene rings is 2. The first kappa shape index (κ1) is 22.5. The molecule has 0 spiro atoms.